The lowest BCUT2D eigenvalue weighted by Gasteiger charge is -2.35. The van der Waals surface area contributed by atoms with Crippen molar-refractivity contribution in [2.45, 2.75) is 39.8 Å². The van der Waals surface area contributed by atoms with Gasteiger partial charge in [-0.25, -0.2) is 0 Å². The second-order valence-corrected chi connectivity index (χ2v) is 5.70. The topological polar surface area (TPSA) is 72.6 Å². The fourth-order valence-electron chi connectivity index (χ4n) is 2.45. The van der Waals surface area contributed by atoms with Crippen LogP contribution in [0.5, 0.6) is 5.75 Å². The minimum Gasteiger partial charge on any atom is -0.478 e. The Kier molecular flexibility index (Phi) is 4.32. The molecular weight excluding hydrogens is 268 g/mol. The van der Waals surface area contributed by atoms with E-state index >= 15 is 0 Å². The van der Waals surface area contributed by atoms with Gasteiger partial charge >= 0.3 is 0 Å². The molecule has 21 heavy (non-hydrogen) atoms. The van der Waals surface area contributed by atoms with E-state index in [1.807, 2.05) is 20.8 Å². The van der Waals surface area contributed by atoms with Crippen LogP contribution in [0.1, 0.15) is 38.1 Å². The number of rotatable bonds is 4. The molecule has 0 spiro atoms. The largest absolute Gasteiger partial charge is 0.478 e. The van der Waals surface area contributed by atoms with E-state index in [4.69, 9.17) is 10.5 Å². The summed E-state index contributed by atoms with van der Waals surface area (Å²) in [6, 6.07) is 4.57. The molecule has 2 unspecified atom stereocenters. The molecule has 5 nitrogen and oxygen atoms in total. The Morgan fingerprint density at radius 3 is 2.57 bits per heavy atom. The molecule has 5 heteroatoms. The van der Waals surface area contributed by atoms with E-state index in [0.29, 0.717) is 23.5 Å². The van der Waals surface area contributed by atoms with Crippen LogP contribution in [-0.4, -0.2) is 30.4 Å². The monoisotopic (exact) mass is 290 g/mol. The first-order valence-electron chi connectivity index (χ1n) is 7.28. The maximum Gasteiger partial charge on any atom is 0.268 e. The Labute approximate surface area is 125 Å². The van der Waals surface area contributed by atoms with E-state index < -0.39 is 12.1 Å². The molecule has 1 aliphatic heterocycles. The summed E-state index contributed by atoms with van der Waals surface area (Å²) in [5, 5.41) is 0. The standard InChI is InChI=1S/C16H22N2O3/c1-5-18-12-8-11(14(19)10(4)17)6-7-13(12)21-15(9(2)3)16(18)20/h6-10,15H,5,17H2,1-4H3. The number of ketones is 1. The molecule has 1 aliphatic rings. The average Bonchev–Trinajstić information content (AvgIpc) is 2.44. The summed E-state index contributed by atoms with van der Waals surface area (Å²) in [7, 11) is 0. The molecule has 0 fully saturated rings. The number of carbonyl (C=O) groups excluding carboxylic acids is 2. The number of nitrogens with two attached hydrogens (primary N) is 1. The Balaban J connectivity index is 2.46. The first-order valence-corrected chi connectivity index (χ1v) is 7.28. The minimum atomic E-state index is -0.568. The molecular formula is C16H22N2O3. The average molecular weight is 290 g/mol. The fraction of sp³-hybridized carbons (Fsp3) is 0.500. The van der Waals surface area contributed by atoms with Crippen LogP contribution < -0.4 is 15.4 Å². The lowest BCUT2D eigenvalue weighted by Crippen LogP contribution is -2.48. The third-order valence-corrected chi connectivity index (χ3v) is 3.63. The van der Waals surface area contributed by atoms with Gasteiger partial charge in [0.2, 0.25) is 0 Å². The van der Waals surface area contributed by atoms with E-state index in [9.17, 15) is 9.59 Å². The van der Waals surface area contributed by atoms with Gasteiger partial charge in [0.1, 0.15) is 5.75 Å². The van der Waals surface area contributed by atoms with Crippen LogP contribution in [0.25, 0.3) is 0 Å². The number of hydrogen-bond acceptors (Lipinski definition) is 4. The quantitative estimate of drug-likeness (QED) is 0.861. The lowest BCUT2D eigenvalue weighted by atomic mass is 10.0. The normalized spacial score (nSPS) is 19.2. The van der Waals surface area contributed by atoms with Gasteiger partial charge in [-0.15, -0.1) is 0 Å². The SMILES string of the molecule is CCN1C(=O)C(C(C)C)Oc2ccc(C(=O)C(C)N)cc21. The maximum absolute atomic E-state index is 12.5. The highest BCUT2D eigenvalue weighted by atomic mass is 16.5. The molecule has 0 aromatic heterocycles. The summed E-state index contributed by atoms with van der Waals surface area (Å²) >= 11 is 0. The van der Waals surface area contributed by atoms with Crippen LogP contribution >= 0.6 is 0 Å². The molecule has 0 aliphatic carbocycles. The van der Waals surface area contributed by atoms with Crippen molar-refractivity contribution in [1.82, 2.24) is 0 Å². The molecule has 0 radical (unpaired) electrons. The van der Waals surface area contributed by atoms with Crippen LogP contribution in [0.15, 0.2) is 18.2 Å². The summed E-state index contributed by atoms with van der Waals surface area (Å²) in [5.41, 5.74) is 6.78. The van der Waals surface area contributed by atoms with Crippen molar-refractivity contribution in [3.05, 3.63) is 23.8 Å². The predicted octanol–water partition coefficient (Wildman–Crippen LogP) is 1.99. The third kappa shape index (κ3) is 2.78. The lowest BCUT2D eigenvalue weighted by molar-refractivity contribution is -0.128. The number of fused-ring (bicyclic) bond motifs is 1. The first-order chi connectivity index (χ1) is 9.86. The summed E-state index contributed by atoms with van der Waals surface area (Å²) in [5.74, 6) is 0.513. The van der Waals surface area contributed by atoms with Gasteiger partial charge in [-0.05, 0) is 38.0 Å². The number of ether oxygens (including phenoxy) is 1. The van der Waals surface area contributed by atoms with Gasteiger partial charge < -0.3 is 15.4 Å². The highest BCUT2D eigenvalue weighted by Crippen LogP contribution is 2.36. The molecule has 2 atom stereocenters. The molecule has 2 rings (SSSR count). The zero-order chi connectivity index (χ0) is 15.7. The number of carbonyl (C=O) groups is 2. The maximum atomic E-state index is 12.5. The zero-order valence-electron chi connectivity index (χ0n) is 12.9. The van der Waals surface area contributed by atoms with Crippen LogP contribution in [0.4, 0.5) is 5.69 Å². The van der Waals surface area contributed by atoms with E-state index in [0.717, 1.165) is 0 Å². The summed E-state index contributed by atoms with van der Waals surface area (Å²) in [4.78, 5) is 26.1. The molecule has 0 saturated heterocycles. The van der Waals surface area contributed by atoms with Crippen molar-refractivity contribution >= 4 is 17.4 Å². The van der Waals surface area contributed by atoms with Crippen molar-refractivity contribution in [3.8, 4) is 5.75 Å². The molecule has 1 heterocycles. The number of amides is 1. The second kappa shape index (κ2) is 5.85. The third-order valence-electron chi connectivity index (χ3n) is 3.63. The highest BCUT2D eigenvalue weighted by Gasteiger charge is 2.35. The number of benzene rings is 1. The summed E-state index contributed by atoms with van der Waals surface area (Å²) in [6.07, 6.45) is -0.479. The number of likely N-dealkylation sites (N-methyl/N-ethyl adjacent to an activating group) is 1. The summed E-state index contributed by atoms with van der Waals surface area (Å²) in [6.45, 7) is 8.00. The van der Waals surface area contributed by atoms with E-state index in [2.05, 4.69) is 0 Å². The Morgan fingerprint density at radius 1 is 1.38 bits per heavy atom. The predicted molar refractivity (Wildman–Crippen MR) is 81.7 cm³/mol. The van der Waals surface area contributed by atoms with Gasteiger partial charge in [-0.2, -0.15) is 0 Å². The molecule has 0 bridgehead atoms. The fourth-order valence-corrected chi connectivity index (χ4v) is 2.45. The van der Waals surface area contributed by atoms with Gasteiger partial charge in [0.15, 0.2) is 11.9 Å². The molecule has 0 saturated carbocycles. The molecule has 1 amide bonds. The number of nitrogens with zero attached hydrogens (tertiary/aromatic N) is 1. The summed E-state index contributed by atoms with van der Waals surface area (Å²) < 4.78 is 5.80. The molecule has 2 N–H and O–H groups in total. The number of anilines is 1. The van der Waals surface area contributed by atoms with Crippen LogP contribution in [0.2, 0.25) is 0 Å². The molecule has 114 valence electrons. The minimum absolute atomic E-state index is 0.0644. The van der Waals surface area contributed by atoms with Crippen LogP contribution in [0, 0.1) is 5.92 Å². The van der Waals surface area contributed by atoms with Gasteiger partial charge in [-0.1, -0.05) is 13.8 Å². The van der Waals surface area contributed by atoms with Gasteiger partial charge in [-0.3, -0.25) is 9.59 Å². The second-order valence-electron chi connectivity index (χ2n) is 5.70. The van der Waals surface area contributed by atoms with Gasteiger partial charge in [0.25, 0.3) is 5.91 Å². The van der Waals surface area contributed by atoms with E-state index in [1.54, 1.807) is 30.0 Å². The van der Waals surface area contributed by atoms with Crippen LogP contribution in [-0.2, 0) is 4.79 Å². The van der Waals surface area contributed by atoms with Gasteiger partial charge in [0, 0.05) is 12.1 Å². The number of hydrogen-bond donors (Lipinski definition) is 1. The van der Waals surface area contributed by atoms with E-state index in [1.165, 1.54) is 0 Å². The van der Waals surface area contributed by atoms with E-state index in [-0.39, 0.29) is 17.6 Å². The van der Waals surface area contributed by atoms with Crippen molar-refractivity contribution in [3.63, 3.8) is 0 Å². The Bertz CT molecular complexity index is 567. The molecule has 1 aromatic rings. The molecule has 1 aromatic carbocycles. The van der Waals surface area contributed by atoms with Crippen molar-refractivity contribution < 1.29 is 14.3 Å². The van der Waals surface area contributed by atoms with Crippen molar-refractivity contribution in [2.75, 3.05) is 11.4 Å². The Morgan fingerprint density at radius 2 is 2.05 bits per heavy atom. The Hall–Kier alpha value is -1.88. The van der Waals surface area contributed by atoms with Gasteiger partial charge in [0.05, 0.1) is 11.7 Å². The van der Waals surface area contributed by atoms with Crippen LogP contribution in [0.3, 0.4) is 0 Å². The first kappa shape index (κ1) is 15.5. The highest BCUT2D eigenvalue weighted by molar-refractivity contribution is 6.04. The zero-order valence-corrected chi connectivity index (χ0v) is 12.9. The van der Waals surface area contributed by atoms with Crippen molar-refractivity contribution in [1.29, 1.82) is 0 Å². The number of Topliss-reactive ketones (excluding diaryl/α,β-unsaturated/α-hetero) is 1. The van der Waals surface area contributed by atoms with Crippen molar-refractivity contribution in [2.24, 2.45) is 11.7 Å². The smallest absolute Gasteiger partial charge is 0.268 e.